The Kier molecular flexibility index (Phi) is 4.66. The Morgan fingerprint density at radius 3 is 3.00 bits per heavy atom. The van der Waals surface area contributed by atoms with Gasteiger partial charge in [0, 0.05) is 12.2 Å². The third kappa shape index (κ3) is 3.38. The van der Waals surface area contributed by atoms with Crippen LogP contribution in [0.4, 0.5) is 0 Å². The molecule has 0 radical (unpaired) electrons. The Morgan fingerprint density at radius 1 is 1.15 bits per heavy atom. The molecule has 4 nitrogen and oxygen atoms in total. The molecule has 108 valence electrons. The third-order valence-corrected chi connectivity index (χ3v) is 3.75. The van der Waals surface area contributed by atoms with E-state index in [0.29, 0.717) is 13.2 Å². The van der Waals surface area contributed by atoms with Crippen molar-refractivity contribution < 1.29 is 14.3 Å². The third-order valence-electron chi connectivity index (χ3n) is 3.75. The van der Waals surface area contributed by atoms with Crippen LogP contribution in [0, 0.1) is 0 Å². The van der Waals surface area contributed by atoms with Gasteiger partial charge in [-0.05, 0) is 37.7 Å². The summed E-state index contributed by atoms with van der Waals surface area (Å²) in [5.74, 6) is 0. The highest BCUT2D eigenvalue weighted by Crippen LogP contribution is 2.22. The molecule has 1 aliphatic carbocycles. The van der Waals surface area contributed by atoms with E-state index in [1.807, 2.05) is 6.07 Å². The summed E-state index contributed by atoms with van der Waals surface area (Å²) in [7, 11) is 0. The molecule has 1 fully saturated rings. The molecule has 0 aromatic heterocycles. The molecule has 1 aromatic carbocycles. The minimum atomic E-state index is -0.0489. The zero-order valence-corrected chi connectivity index (χ0v) is 11.7. The van der Waals surface area contributed by atoms with E-state index in [2.05, 4.69) is 23.4 Å². The lowest BCUT2D eigenvalue weighted by Gasteiger charge is -2.22. The van der Waals surface area contributed by atoms with Gasteiger partial charge >= 0.3 is 0 Å². The summed E-state index contributed by atoms with van der Waals surface area (Å²) in [5.41, 5.74) is 3.64. The summed E-state index contributed by atoms with van der Waals surface area (Å²) in [6.07, 6.45) is 5.29. The summed E-state index contributed by atoms with van der Waals surface area (Å²) in [5, 5.41) is 4.24. The van der Waals surface area contributed by atoms with Gasteiger partial charge < -0.3 is 14.3 Å². The number of hydrogen-bond acceptors (Lipinski definition) is 4. The first kappa shape index (κ1) is 13.6. The highest BCUT2D eigenvalue weighted by Gasteiger charge is 2.17. The summed E-state index contributed by atoms with van der Waals surface area (Å²) < 4.78 is 11.1. The average molecular weight is 275 g/mol. The van der Waals surface area contributed by atoms with Crippen molar-refractivity contribution in [1.82, 2.24) is 0 Å². The molecule has 0 spiro atoms. The van der Waals surface area contributed by atoms with E-state index in [1.165, 1.54) is 17.5 Å². The van der Waals surface area contributed by atoms with Crippen LogP contribution in [-0.4, -0.2) is 31.8 Å². The van der Waals surface area contributed by atoms with Gasteiger partial charge in [0.2, 0.25) is 0 Å². The second-order valence-corrected chi connectivity index (χ2v) is 5.20. The summed E-state index contributed by atoms with van der Waals surface area (Å²) >= 11 is 0. The Balaban J connectivity index is 1.40. The maximum Gasteiger partial charge on any atom is 0.157 e. The average Bonchev–Trinajstić information content (AvgIpc) is 2.91. The van der Waals surface area contributed by atoms with E-state index >= 15 is 0 Å². The number of hydrogen-bond donors (Lipinski definition) is 0. The van der Waals surface area contributed by atoms with Crippen LogP contribution < -0.4 is 0 Å². The van der Waals surface area contributed by atoms with Crippen LogP contribution in [0.5, 0.6) is 0 Å². The minimum Gasteiger partial charge on any atom is -0.393 e. The minimum absolute atomic E-state index is 0.0489. The number of ether oxygens (including phenoxy) is 2. The van der Waals surface area contributed by atoms with Crippen LogP contribution in [0.25, 0.3) is 0 Å². The largest absolute Gasteiger partial charge is 0.393 e. The molecule has 1 heterocycles. The Bertz CT molecular complexity index is 467. The summed E-state index contributed by atoms with van der Waals surface area (Å²) in [4.78, 5) is 5.37. The lowest BCUT2D eigenvalue weighted by atomic mass is 10.1. The van der Waals surface area contributed by atoms with Crippen molar-refractivity contribution in [2.45, 2.75) is 38.4 Å². The van der Waals surface area contributed by atoms with Crippen molar-refractivity contribution in [2.24, 2.45) is 5.16 Å². The van der Waals surface area contributed by atoms with Crippen molar-refractivity contribution in [3.8, 4) is 0 Å². The van der Waals surface area contributed by atoms with Crippen LogP contribution in [0.15, 0.2) is 29.4 Å². The monoisotopic (exact) mass is 275 g/mol. The predicted molar refractivity (Wildman–Crippen MR) is 76.8 cm³/mol. The van der Waals surface area contributed by atoms with E-state index in [4.69, 9.17) is 14.3 Å². The van der Waals surface area contributed by atoms with Gasteiger partial charge in [0.25, 0.3) is 0 Å². The van der Waals surface area contributed by atoms with Gasteiger partial charge in [-0.2, -0.15) is 0 Å². The van der Waals surface area contributed by atoms with Gasteiger partial charge in [-0.15, -0.1) is 0 Å². The number of benzene rings is 1. The molecule has 20 heavy (non-hydrogen) atoms. The first-order valence-corrected chi connectivity index (χ1v) is 7.44. The van der Waals surface area contributed by atoms with Crippen molar-refractivity contribution >= 4 is 5.71 Å². The molecular weight excluding hydrogens is 254 g/mol. The zero-order valence-electron chi connectivity index (χ0n) is 11.7. The van der Waals surface area contributed by atoms with Gasteiger partial charge in [0.15, 0.2) is 6.29 Å². The highest BCUT2D eigenvalue weighted by atomic mass is 16.7. The van der Waals surface area contributed by atoms with Gasteiger partial charge in [-0.3, -0.25) is 0 Å². The topological polar surface area (TPSA) is 40.0 Å². The number of fused-ring (bicyclic) bond motifs is 1. The lowest BCUT2D eigenvalue weighted by molar-refractivity contribution is -0.169. The van der Waals surface area contributed by atoms with E-state index in [9.17, 15) is 0 Å². The zero-order chi connectivity index (χ0) is 13.6. The fraction of sp³-hybridized carbons (Fsp3) is 0.562. The van der Waals surface area contributed by atoms with Crippen molar-refractivity contribution in [2.75, 3.05) is 19.8 Å². The molecule has 0 bridgehead atoms. The van der Waals surface area contributed by atoms with Crippen LogP contribution in [0.2, 0.25) is 0 Å². The first-order valence-electron chi connectivity index (χ1n) is 7.44. The van der Waals surface area contributed by atoms with E-state index < -0.39 is 0 Å². The molecule has 4 heteroatoms. The molecule has 0 saturated carbocycles. The van der Waals surface area contributed by atoms with Gasteiger partial charge in [-0.1, -0.05) is 29.4 Å². The van der Waals surface area contributed by atoms with E-state index in [0.717, 1.165) is 38.0 Å². The number of rotatable bonds is 5. The maximum atomic E-state index is 5.60. The fourth-order valence-electron chi connectivity index (χ4n) is 2.69. The molecule has 2 aliphatic rings. The summed E-state index contributed by atoms with van der Waals surface area (Å²) in [6, 6.07) is 8.38. The standard InChI is InChI=1S/C16H21NO3/c1-2-6-14-13(5-1)8-9-15(14)17-20-12-11-19-16-7-3-4-10-18-16/h1-2,5-6,16H,3-4,7-12H2. The molecular formula is C16H21NO3. The Hall–Kier alpha value is -1.39. The first-order chi connectivity index (χ1) is 9.93. The van der Waals surface area contributed by atoms with Crippen molar-refractivity contribution in [1.29, 1.82) is 0 Å². The highest BCUT2D eigenvalue weighted by molar-refractivity contribution is 6.04. The van der Waals surface area contributed by atoms with Crippen LogP contribution in [0.1, 0.15) is 36.8 Å². The number of oxime groups is 1. The van der Waals surface area contributed by atoms with Gasteiger partial charge in [0.05, 0.1) is 12.3 Å². The van der Waals surface area contributed by atoms with Gasteiger partial charge in [-0.25, -0.2) is 0 Å². The molecule has 0 N–H and O–H groups in total. The van der Waals surface area contributed by atoms with Crippen LogP contribution in [-0.2, 0) is 20.7 Å². The second-order valence-electron chi connectivity index (χ2n) is 5.20. The van der Waals surface area contributed by atoms with Crippen molar-refractivity contribution in [3.05, 3.63) is 35.4 Å². The fourth-order valence-corrected chi connectivity index (χ4v) is 2.69. The van der Waals surface area contributed by atoms with Crippen LogP contribution >= 0.6 is 0 Å². The summed E-state index contributed by atoms with van der Waals surface area (Å²) in [6.45, 7) is 1.82. The Labute approximate surface area is 119 Å². The normalized spacial score (nSPS) is 23.8. The van der Waals surface area contributed by atoms with Crippen molar-refractivity contribution in [3.63, 3.8) is 0 Å². The molecule has 1 aliphatic heterocycles. The quantitative estimate of drug-likeness (QED) is 0.613. The lowest BCUT2D eigenvalue weighted by Crippen LogP contribution is -2.23. The maximum absolute atomic E-state index is 5.60. The SMILES string of the molecule is c1ccc2c(c1)CCC2=NOCCOC1CCCCO1. The smallest absolute Gasteiger partial charge is 0.157 e. The number of aryl methyl sites for hydroxylation is 1. The molecule has 3 rings (SSSR count). The second kappa shape index (κ2) is 6.86. The molecule has 0 amide bonds. The van der Waals surface area contributed by atoms with Gasteiger partial charge in [0.1, 0.15) is 6.61 Å². The van der Waals surface area contributed by atoms with Crippen LogP contribution in [0.3, 0.4) is 0 Å². The van der Waals surface area contributed by atoms with E-state index in [1.54, 1.807) is 0 Å². The van der Waals surface area contributed by atoms with E-state index in [-0.39, 0.29) is 6.29 Å². The molecule has 1 unspecified atom stereocenters. The Morgan fingerprint density at radius 2 is 2.10 bits per heavy atom. The molecule has 1 saturated heterocycles. The number of nitrogens with zero attached hydrogens (tertiary/aromatic N) is 1. The molecule has 1 atom stereocenters. The predicted octanol–water partition coefficient (Wildman–Crippen LogP) is 2.90. The molecule has 1 aromatic rings.